The summed E-state index contributed by atoms with van der Waals surface area (Å²) in [7, 11) is 0. The second-order valence-corrected chi connectivity index (χ2v) is 5.28. The molecule has 0 bridgehead atoms. The molecule has 0 aromatic carbocycles. The largest absolute Gasteiger partial charge is 0.355 e. The van der Waals surface area contributed by atoms with Crippen molar-refractivity contribution in [3.63, 3.8) is 0 Å². The summed E-state index contributed by atoms with van der Waals surface area (Å²) in [5.74, 6) is 0.905. The Balaban J connectivity index is 2.46. The number of nitrogens with two attached hydrogens (primary N) is 1. The van der Waals surface area contributed by atoms with Crippen LogP contribution in [0.3, 0.4) is 0 Å². The fraction of sp³-hybridized carbons (Fsp3) is 0.786. The third-order valence-corrected chi connectivity index (χ3v) is 3.94. The van der Waals surface area contributed by atoms with E-state index in [4.69, 9.17) is 5.73 Å². The van der Waals surface area contributed by atoms with Crippen LogP contribution in [-0.4, -0.2) is 19.0 Å². The molecule has 98 valence electrons. The first-order chi connectivity index (χ1) is 8.14. The van der Waals surface area contributed by atoms with Gasteiger partial charge in [0.25, 0.3) is 0 Å². The van der Waals surface area contributed by atoms with Gasteiger partial charge in [0.15, 0.2) is 0 Å². The molecule has 0 aromatic rings. The van der Waals surface area contributed by atoms with Crippen molar-refractivity contribution >= 4 is 5.91 Å². The fourth-order valence-electron chi connectivity index (χ4n) is 2.46. The SMILES string of the molecule is C/C=C/CCNC(=O)C1(CN)CCC(C)CC1. The minimum atomic E-state index is -0.289. The topological polar surface area (TPSA) is 55.1 Å². The summed E-state index contributed by atoms with van der Waals surface area (Å²) in [5, 5.41) is 3.02. The summed E-state index contributed by atoms with van der Waals surface area (Å²) in [5.41, 5.74) is 5.55. The number of amides is 1. The highest BCUT2D eigenvalue weighted by molar-refractivity contribution is 5.83. The molecular formula is C14H26N2O. The van der Waals surface area contributed by atoms with Crippen molar-refractivity contribution in [2.75, 3.05) is 13.1 Å². The molecule has 0 heterocycles. The lowest BCUT2D eigenvalue weighted by atomic mass is 9.70. The molecule has 1 amide bonds. The third kappa shape index (κ3) is 3.84. The van der Waals surface area contributed by atoms with Crippen molar-refractivity contribution < 1.29 is 4.79 Å². The molecule has 0 radical (unpaired) electrons. The lowest BCUT2D eigenvalue weighted by Gasteiger charge is -2.37. The van der Waals surface area contributed by atoms with Crippen molar-refractivity contribution in [1.29, 1.82) is 0 Å². The van der Waals surface area contributed by atoms with E-state index in [9.17, 15) is 4.79 Å². The average molecular weight is 238 g/mol. The van der Waals surface area contributed by atoms with Crippen molar-refractivity contribution in [2.24, 2.45) is 17.1 Å². The zero-order valence-corrected chi connectivity index (χ0v) is 11.2. The van der Waals surface area contributed by atoms with Crippen LogP contribution in [0.1, 0.15) is 46.0 Å². The minimum Gasteiger partial charge on any atom is -0.355 e. The molecule has 1 aliphatic carbocycles. The zero-order chi connectivity index (χ0) is 12.7. The van der Waals surface area contributed by atoms with Gasteiger partial charge in [0.1, 0.15) is 0 Å². The molecule has 0 aliphatic heterocycles. The number of rotatable bonds is 5. The van der Waals surface area contributed by atoms with Crippen LogP contribution in [0.15, 0.2) is 12.2 Å². The second kappa shape index (κ2) is 6.80. The molecule has 0 saturated heterocycles. The number of carbonyl (C=O) groups excluding carboxylic acids is 1. The maximum Gasteiger partial charge on any atom is 0.227 e. The van der Waals surface area contributed by atoms with Gasteiger partial charge in [0.2, 0.25) is 5.91 Å². The Labute approximate surface area is 105 Å². The quantitative estimate of drug-likeness (QED) is 0.570. The molecule has 1 aliphatic rings. The van der Waals surface area contributed by atoms with Gasteiger partial charge in [0.05, 0.1) is 5.41 Å². The first kappa shape index (κ1) is 14.2. The van der Waals surface area contributed by atoms with Gasteiger partial charge in [-0.25, -0.2) is 0 Å². The highest BCUT2D eigenvalue weighted by Gasteiger charge is 2.39. The first-order valence-corrected chi connectivity index (χ1v) is 6.74. The van der Waals surface area contributed by atoms with Crippen LogP contribution in [0.2, 0.25) is 0 Å². The summed E-state index contributed by atoms with van der Waals surface area (Å²) < 4.78 is 0. The van der Waals surface area contributed by atoms with E-state index in [1.807, 2.05) is 13.0 Å². The maximum atomic E-state index is 12.2. The molecular weight excluding hydrogens is 212 g/mol. The number of nitrogens with one attached hydrogen (secondary N) is 1. The van der Waals surface area contributed by atoms with Crippen LogP contribution >= 0.6 is 0 Å². The number of carbonyl (C=O) groups is 1. The smallest absolute Gasteiger partial charge is 0.227 e. The molecule has 0 spiro atoms. The van der Waals surface area contributed by atoms with E-state index in [1.54, 1.807) is 0 Å². The second-order valence-electron chi connectivity index (χ2n) is 5.28. The van der Waals surface area contributed by atoms with Crippen LogP contribution in [0.25, 0.3) is 0 Å². The van der Waals surface area contributed by atoms with E-state index in [0.29, 0.717) is 6.54 Å². The molecule has 0 aromatic heterocycles. The van der Waals surface area contributed by atoms with E-state index in [1.165, 1.54) is 0 Å². The summed E-state index contributed by atoms with van der Waals surface area (Å²) in [4.78, 5) is 12.2. The van der Waals surface area contributed by atoms with Crippen molar-refractivity contribution in [2.45, 2.75) is 46.0 Å². The van der Waals surface area contributed by atoms with Gasteiger partial charge in [-0.3, -0.25) is 4.79 Å². The van der Waals surface area contributed by atoms with Gasteiger partial charge in [-0.1, -0.05) is 19.1 Å². The van der Waals surface area contributed by atoms with E-state index in [0.717, 1.165) is 44.6 Å². The Morgan fingerprint density at radius 2 is 2.12 bits per heavy atom. The third-order valence-electron chi connectivity index (χ3n) is 3.94. The monoisotopic (exact) mass is 238 g/mol. The molecule has 1 rings (SSSR count). The summed E-state index contributed by atoms with van der Waals surface area (Å²) in [6, 6.07) is 0. The van der Waals surface area contributed by atoms with Crippen molar-refractivity contribution in [3.05, 3.63) is 12.2 Å². The van der Waals surface area contributed by atoms with Gasteiger partial charge < -0.3 is 11.1 Å². The van der Waals surface area contributed by atoms with E-state index in [2.05, 4.69) is 18.3 Å². The van der Waals surface area contributed by atoms with Gasteiger partial charge >= 0.3 is 0 Å². The minimum absolute atomic E-state index is 0.163. The van der Waals surface area contributed by atoms with Gasteiger partial charge in [-0.05, 0) is 44.9 Å². The fourth-order valence-corrected chi connectivity index (χ4v) is 2.46. The van der Waals surface area contributed by atoms with Crippen molar-refractivity contribution in [3.8, 4) is 0 Å². The number of hydrogen-bond donors (Lipinski definition) is 2. The predicted molar refractivity (Wildman–Crippen MR) is 71.6 cm³/mol. The average Bonchev–Trinajstić information content (AvgIpc) is 2.36. The Bertz CT molecular complexity index is 265. The van der Waals surface area contributed by atoms with Gasteiger partial charge in [0, 0.05) is 13.1 Å². The lowest BCUT2D eigenvalue weighted by molar-refractivity contribution is -0.132. The molecule has 17 heavy (non-hydrogen) atoms. The Morgan fingerprint density at radius 3 is 2.65 bits per heavy atom. The Hall–Kier alpha value is -0.830. The highest BCUT2D eigenvalue weighted by atomic mass is 16.2. The Morgan fingerprint density at radius 1 is 1.47 bits per heavy atom. The molecule has 0 unspecified atom stereocenters. The number of hydrogen-bond acceptors (Lipinski definition) is 2. The Kier molecular flexibility index (Phi) is 5.69. The molecule has 0 atom stereocenters. The normalized spacial score (nSPS) is 29.5. The van der Waals surface area contributed by atoms with Crippen molar-refractivity contribution in [1.82, 2.24) is 5.32 Å². The van der Waals surface area contributed by atoms with Crippen LogP contribution in [0.4, 0.5) is 0 Å². The summed E-state index contributed by atoms with van der Waals surface area (Å²) in [6.07, 6.45) is 9.12. The van der Waals surface area contributed by atoms with Gasteiger partial charge in [-0.15, -0.1) is 0 Å². The maximum absolute atomic E-state index is 12.2. The van der Waals surface area contributed by atoms with Crippen LogP contribution in [0.5, 0.6) is 0 Å². The zero-order valence-electron chi connectivity index (χ0n) is 11.2. The van der Waals surface area contributed by atoms with E-state index >= 15 is 0 Å². The lowest BCUT2D eigenvalue weighted by Crippen LogP contribution is -2.48. The van der Waals surface area contributed by atoms with Crippen LogP contribution < -0.4 is 11.1 Å². The van der Waals surface area contributed by atoms with Crippen LogP contribution in [-0.2, 0) is 4.79 Å². The molecule has 1 saturated carbocycles. The summed E-state index contributed by atoms with van der Waals surface area (Å²) in [6.45, 7) is 5.45. The molecule has 3 nitrogen and oxygen atoms in total. The molecule has 3 N–H and O–H groups in total. The van der Waals surface area contributed by atoms with Gasteiger partial charge in [-0.2, -0.15) is 0 Å². The van der Waals surface area contributed by atoms with Crippen LogP contribution in [0, 0.1) is 11.3 Å². The van der Waals surface area contributed by atoms with E-state index in [-0.39, 0.29) is 11.3 Å². The molecule has 1 fully saturated rings. The first-order valence-electron chi connectivity index (χ1n) is 6.74. The van der Waals surface area contributed by atoms with E-state index < -0.39 is 0 Å². The summed E-state index contributed by atoms with van der Waals surface area (Å²) >= 11 is 0. The molecule has 3 heteroatoms. The predicted octanol–water partition coefficient (Wildman–Crippen LogP) is 2.22. The standard InChI is InChI=1S/C14H26N2O/c1-3-4-5-10-16-13(17)14(11-15)8-6-12(2)7-9-14/h3-4,12H,5-11,15H2,1-2H3,(H,16,17)/b4-3+. The number of allylic oxidation sites excluding steroid dienone is 1. The highest BCUT2D eigenvalue weighted by Crippen LogP contribution is 2.38.